The van der Waals surface area contributed by atoms with Crippen LogP contribution in [0.1, 0.15) is 10.7 Å². The zero-order valence-corrected chi connectivity index (χ0v) is 9.36. The Balaban J connectivity index is 2.01. The molecular weight excluding hydrogens is 194 g/mol. The van der Waals surface area contributed by atoms with Gasteiger partial charge < -0.3 is 10.6 Å². The SMILES string of the molecule is C=CCNCCNCc1csc(C)n1. The summed E-state index contributed by atoms with van der Waals surface area (Å²) in [6.45, 7) is 9.33. The minimum absolute atomic E-state index is 0.861. The Morgan fingerprint density at radius 2 is 2.29 bits per heavy atom. The van der Waals surface area contributed by atoms with E-state index in [2.05, 4.69) is 27.6 Å². The first-order chi connectivity index (χ1) is 6.83. The fourth-order valence-corrected chi connectivity index (χ4v) is 1.70. The summed E-state index contributed by atoms with van der Waals surface area (Å²) >= 11 is 1.70. The summed E-state index contributed by atoms with van der Waals surface area (Å²) in [5.74, 6) is 0. The third kappa shape index (κ3) is 4.50. The zero-order chi connectivity index (χ0) is 10.2. The first-order valence-electron chi connectivity index (χ1n) is 4.76. The standard InChI is InChI=1S/C10H17N3S/c1-3-4-11-5-6-12-7-10-8-14-9(2)13-10/h3,8,11-12H,1,4-7H2,2H3. The number of nitrogens with one attached hydrogen (secondary N) is 2. The largest absolute Gasteiger partial charge is 0.312 e. The smallest absolute Gasteiger partial charge is 0.0897 e. The molecule has 1 aromatic rings. The summed E-state index contributed by atoms with van der Waals surface area (Å²) < 4.78 is 0. The third-order valence-electron chi connectivity index (χ3n) is 1.74. The van der Waals surface area contributed by atoms with Gasteiger partial charge in [-0.2, -0.15) is 0 Å². The lowest BCUT2D eigenvalue weighted by Gasteiger charge is -2.02. The molecule has 0 amide bonds. The van der Waals surface area contributed by atoms with E-state index in [1.165, 1.54) is 0 Å². The minimum Gasteiger partial charge on any atom is -0.312 e. The van der Waals surface area contributed by atoms with Gasteiger partial charge in [-0.15, -0.1) is 17.9 Å². The molecule has 1 heterocycles. The van der Waals surface area contributed by atoms with Crippen molar-refractivity contribution in [3.8, 4) is 0 Å². The number of aryl methyl sites for hydroxylation is 1. The predicted molar refractivity (Wildman–Crippen MR) is 61.6 cm³/mol. The van der Waals surface area contributed by atoms with Gasteiger partial charge in [0.25, 0.3) is 0 Å². The third-order valence-corrected chi connectivity index (χ3v) is 2.56. The highest BCUT2D eigenvalue weighted by Gasteiger charge is 1.96. The summed E-state index contributed by atoms with van der Waals surface area (Å²) in [5.41, 5.74) is 1.14. The maximum atomic E-state index is 4.36. The van der Waals surface area contributed by atoms with Gasteiger partial charge in [-0.05, 0) is 6.92 Å². The number of aromatic nitrogens is 1. The van der Waals surface area contributed by atoms with Crippen LogP contribution in [0.3, 0.4) is 0 Å². The van der Waals surface area contributed by atoms with Crippen molar-refractivity contribution in [2.45, 2.75) is 13.5 Å². The molecule has 0 spiro atoms. The van der Waals surface area contributed by atoms with Crippen LogP contribution in [0.15, 0.2) is 18.0 Å². The lowest BCUT2D eigenvalue weighted by Crippen LogP contribution is -2.27. The molecular formula is C10H17N3S. The normalized spacial score (nSPS) is 10.4. The molecule has 3 nitrogen and oxygen atoms in total. The average molecular weight is 211 g/mol. The van der Waals surface area contributed by atoms with E-state index in [4.69, 9.17) is 0 Å². The maximum absolute atomic E-state index is 4.36. The van der Waals surface area contributed by atoms with Crippen molar-refractivity contribution in [2.24, 2.45) is 0 Å². The van der Waals surface area contributed by atoms with Crippen LogP contribution in [0.5, 0.6) is 0 Å². The highest BCUT2D eigenvalue weighted by atomic mass is 32.1. The lowest BCUT2D eigenvalue weighted by molar-refractivity contribution is 0.629. The van der Waals surface area contributed by atoms with Crippen molar-refractivity contribution in [2.75, 3.05) is 19.6 Å². The second-order valence-corrected chi connectivity index (χ2v) is 4.09. The maximum Gasteiger partial charge on any atom is 0.0897 e. The topological polar surface area (TPSA) is 37.0 Å². The molecule has 0 saturated heterocycles. The summed E-state index contributed by atoms with van der Waals surface area (Å²) in [6, 6.07) is 0. The molecule has 0 atom stereocenters. The quantitative estimate of drug-likeness (QED) is 0.527. The monoisotopic (exact) mass is 211 g/mol. The van der Waals surface area contributed by atoms with E-state index in [9.17, 15) is 0 Å². The first-order valence-corrected chi connectivity index (χ1v) is 5.64. The van der Waals surface area contributed by atoms with Gasteiger partial charge in [-0.3, -0.25) is 0 Å². The van der Waals surface area contributed by atoms with E-state index in [1.807, 2.05) is 13.0 Å². The molecule has 0 bridgehead atoms. The molecule has 0 radical (unpaired) electrons. The van der Waals surface area contributed by atoms with Crippen LogP contribution in [-0.4, -0.2) is 24.6 Å². The van der Waals surface area contributed by atoms with Crippen molar-refractivity contribution < 1.29 is 0 Å². The molecule has 0 aliphatic heterocycles. The zero-order valence-electron chi connectivity index (χ0n) is 8.55. The Kier molecular flexibility index (Phi) is 5.44. The van der Waals surface area contributed by atoms with E-state index in [-0.39, 0.29) is 0 Å². The molecule has 0 unspecified atom stereocenters. The van der Waals surface area contributed by atoms with Gasteiger partial charge >= 0.3 is 0 Å². The van der Waals surface area contributed by atoms with Gasteiger partial charge in [-0.1, -0.05) is 6.08 Å². The number of hydrogen-bond donors (Lipinski definition) is 2. The predicted octanol–water partition coefficient (Wildman–Crippen LogP) is 1.32. The van der Waals surface area contributed by atoms with Crippen LogP contribution in [0.25, 0.3) is 0 Å². The van der Waals surface area contributed by atoms with E-state index < -0.39 is 0 Å². The van der Waals surface area contributed by atoms with Gasteiger partial charge in [0.05, 0.1) is 10.7 Å². The Bertz CT molecular complexity index is 270. The van der Waals surface area contributed by atoms with Gasteiger partial charge in [0, 0.05) is 31.6 Å². The first kappa shape index (κ1) is 11.4. The average Bonchev–Trinajstić information content (AvgIpc) is 2.58. The van der Waals surface area contributed by atoms with Gasteiger partial charge in [0.15, 0.2) is 0 Å². The van der Waals surface area contributed by atoms with E-state index in [1.54, 1.807) is 11.3 Å². The van der Waals surface area contributed by atoms with Crippen molar-refractivity contribution in [1.29, 1.82) is 0 Å². The molecule has 0 aliphatic rings. The van der Waals surface area contributed by atoms with Gasteiger partial charge in [0.1, 0.15) is 0 Å². The summed E-state index contributed by atoms with van der Waals surface area (Å²) in [6.07, 6.45) is 1.86. The van der Waals surface area contributed by atoms with Crippen LogP contribution in [-0.2, 0) is 6.54 Å². The molecule has 0 saturated carbocycles. The second kappa shape index (κ2) is 6.70. The molecule has 14 heavy (non-hydrogen) atoms. The molecule has 1 rings (SSSR count). The van der Waals surface area contributed by atoms with Crippen LogP contribution in [0.4, 0.5) is 0 Å². The summed E-state index contributed by atoms with van der Waals surface area (Å²) in [5, 5.41) is 9.78. The number of nitrogens with zero attached hydrogens (tertiary/aromatic N) is 1. The summed E-state index contributed by atoms with van der Waals surface area (Å²) in [7, 11) is 0. The molecule has 4 heteroatoms. The highest BCUT2D eigenvalue weighted by Crippen LogP contribution is 2.06. The van der Waals surface area contributed by atoms with Crippen LogP contribution < -0.4 is 10.6 Å². The second-order valence-electron chi connectivity index (χ2n) is 3.03. The molecule has 0 aromatic carbocycles. The van der Waals surface area contributed by atoms with Gasteiger partial charge in [0.2, 0.25) is 0 Å². The number of rotatable bonds is 7. The lowest BCUT2D eigenvalue weighted by atomic mass is 10.4. The van der Waals surface area contributed by atoms with Crippen molar-refractivity contribution in [3.63, 3.8) is 0 Å². The molecule has 78 valence electrons. The Morgan fingerprint density at radius 3 is 2.93 bits per heavy atom. The van der Waals surface area contributed by atoms with Crippen LogP contribution in [0.2, 0.25) is 0 Å². The van der Waals surface area contributed by atoms with Crippen LogP contribution in [0, 0.1) is 6.92 Å². The van der Waals surface area contributed by atoms with Crippen molar-refractivity contribution in [3.05, 3.63) is 28.7 Å². The van der Waals surface area contributed by atoms with Crippen molar-refractivity contribution in [1.82, 2.24) is 15.6 Å². The van der Waals surface area contributed by atoms with E-state index in [0.29, 0.717) is 0 Å². The molecule has 2 N–H and O–H groups in total. The summed E-state index contributed by atoms with van der Waals surface area (Å²) in [4.78, 5) is 4.36. The number of hydrogen-bond acceptors (Lipinski definition) is 4. The number of thiazole rings is 1. The van der Waals surface area contributed by atoms with E-state index >= 15 is 0 Å². The Labute approximate surface area is 89.3 Å². The van der Waals surface area contributed by atoms with Crippen LogP contribution >= 0.6 is 11.3 Å². The van der Waals surface area contributed by atoms with Gasteiger partial charge in [-0.25, -0.2) is 4.98 Å². The van der Waals surface area contributed by atoms with E-state index in [0.717, 1.165) is 36.9 Å². The molecule has 0 aliphatic carbocycles. The Morgan fingerprint density at radius 1 is 1.50 bits per heavy atom. The molecule has 0 fully saturated rings. The minimum atomic E-state index is 0.861. The highest BCUT2D eigenvalue weighted by molar-refractivity contribution is 7.09. The molecule has 1 aromatic heterocycles. The fraction of sp³-hybridized carbons (Fsp3) is 0.500. The Hall–Kier alpha value is -0.710. The fourth-order valence-electron chi connectivity index (χ4n) is 1.09. The van der Waals surface area contributed by atoms with Crippen molar-refractivity contribution >= 4 is 11.3 Å².